The van der Waals surface area contributed by atoms with E-state index in [1.807, 2.05) is 47.4 Å². The molecular weight excluding hydrogens is 374 g/mol. The zero-order chi connectivity index (χ0) is 20.9. The summed E-state index contributed by atoms with van der Waals surface area (Å²) < 4.78 is 10.6. The minimum absolute atomic E-state index is 0.0348. The number of hydrogen-bond donors (Lipinski definition) is 0. The van der Waals surface area contributed by atoms with E-state index in [4.69, 9.17) is 9.47 Å². The van der Waals surface area contributed by atoms with Crippen molar-refractivity contribution in [2.75, 3.05) is 20.8 Å². The minimum Gasteiger partial charge on any atom is -0.497 e. The fraction of sp³-hybridized carbons (Fsp3) is 0.269. The van der Waals surface area contributed by atoms with Crippen LogP contribution in [-0.2, 0) is 11.2 Å². The number of amides is 1. The highest BCUT2D eigenvalue weighted by atomic mass is 16.5. The van der Waals surface area contributed by atoms with E-state index in [1.165, 1.54) is 5.56 Å². The smallest absolute Gasteiger partial charge is 0.233 e. The number of benzene rings is 3. The van der Waals surface area contributed by atoms with Crippen molar-refractivity contribution >= 4 is 5.91 Å². The number of carbonyl (C=O) groups is 1. The van der Waals surface area contributed by atoms with Crippen molar-refractivity contribution in [1.82, 2.24) is 4.90 Å². The first kappa shape index (κ1) is 20.0. The summed E-state index contributed by atoms with van der Waals surface area (Å²) in [4.78, 5) is 15.1. The van der Waals surface area contributed by atoms with Crippen LogP contribution in [0.4, 0.5) is 0 Å². The second-order valence-electron chi connectivity index (χ2n) is 7.59. The molecule has 1 heterocycles. The van der Waals surface area contributed by atoms with Gasteiger partial charge in [0.2, 0.25) is 5.91 Å². The molecule has 30 heavy (non-hydrogen) atoms. The van der Waals surface area contributed by atoms with E-state index in [2.05, 4.69) is 36.4 Å². The molecule has 4 nitrogen and oxygen atoms in total. The monoisotopic (exact) mass is 401 g/mol. The second-order valence-corrected chi connectivity index (χ2v) is 7.59. The van der Waals surface area contributed by atoms with Gasteiger partial charge in [0.25, 0.3) is 0 Å². The van der Waals surface area contributed by atoms with E-state index in [0.29, 0.717) is 0 Å². The average Bonchev–Trinajstić information content (AvgIpc) is 2.81. The Morgan fingerprint density at radius 1 is 0.767 bits per heavy atom. The SMILES string of the molecule is COc1ccc([C@H]2C(=O)N(CCCc3ccccc3)[C@H]2c2ccc(OC)cc2)cc1. The molecule has 1 aliphatic rings. The van der Waals surface area contributed by atoms with Gasteiger partial charge in [0.15, 0.2) is 0 Å². The summed E-state index contributed by atoms with van der Waals surface area (Å²) in [6, 6.07) is 26.4. The Morgan fingerprint density at radius 3 is 1.90 bits per heavy atom. The average molecular weight is 402 g/mol. The van der Waals surface area contributed by atoms with Gasteiger partial charge in [0.05, 0.1) is 26.2 Å². The van der Waals surface area contributed by atoms with Gasteiger partial charge < -0.3 is 14.4 Å². The minimum atomic E-state index is -0.166. The Hall–Kier alpha value is -3.27. The number of rotatable bonds is 8. The second kappa shape index (κ2) is 9.04. The van der Waals surface area contributed by atoms with E-state index >= 15 is 0 Å². The first-order valence-corrected chi connectivity index (χ1v) is 10.3. The number of aryl methyl sites for hydroxylation is 1. The normalized spacial score (nSPS) is 18.1. The lowest BCUT2D eigenvalue weighted by Crippen LogP contribution is -2.53. The third-order valence-corrected chi connectivity index (χ3v) is 5.84. The van der Waals surface area contributed by atoms with Gasteiger partial charge in [-0.1, -0.05) is 54.6 Å². The third kappa shape index (κ3) is 4.04. The number of likely N-dealkylation sites (tertiary alicyclic amines) is 1. The van der Waals surface area contributed by atoms with Crippen LogP contribution in [0.1, 0.15) is 35.1 Å². The van der Waals surface area contributed by atoms with E-state index in [-0.39, 0.29) is 17.9 Å². The van der Waals surface area contributed by atoms with Crippen molar-refractivity contribution in [3.05, 3.63) is 95.6 Å². The lowest BCUT2D eigenvalue weighted by molar-refractivity contribution is -0.150. The van der Waals surface area contributed by atoms with Gasteiger partial charge in [0.1, 0.15) is 11.5 Å². The largest absolute Gasteiger partial charge is 0.497 e. The number of nitrogens with zero attached hydrogens (tertiary/aromatic N) is 1. The molecule has 0 aliphatic carbocycles. The molecule has 0 spiro atoms. The Balaban J connectivity index is 1.54. The zero-order valence-electron chi connectivity index (χ0n) is 17.5. The Labute approximate surface area is 178 Å². The van der Waals surface area contributed by atoms with E-state index in [0.717, 1.165) is 42.0 Å². The van der Waals surface area contributed by atoms with Crippen molar-refractivity contribution in [1.29, 1.82) is 0 Å². The molecule has 2 atom stereocenters. The molecule has 1 fully saturated rings. The standard InChI is InChI=1S/C26H27NO3/c1-29-22-14-10-20(11-15-22)24-25(21-12-16-23(30-2)17-13-21)27(26(24)28)18-6-9-19-7-4-3-5-8-19/h3-5,7-8,10-17,24-25H,6,9,18H2,1-2H3/t24-,25+/m1/s1. The molecule has 4 heteroatoms. The quantitative estimate of drug-likeness (QED) is 0.499. The van der Waals surface area contributed by atoms with Crippen LogP contribution < -0.4 is 9.47 Å². The van der Waals surface area contributed by atoms with Gasteiger partial charge >= 0.3 is 0 Å². The third-order valence-electron chi connectivity index (χ3n) is 5.84. The summed E-state index contributed by atoms with van der Waals surface area (Å²) >= 11 is 0. The van der Waals surface area contributed by atoms with E-state index < -0.39 is 0 Å². The summed E-state index contributed by atoms with van der Waals surface area (Å²) in [5, 5.41) is 0. The highest BCUT2D eigenvalue weighted by Crippen LogP contribution is 2.47. The molecule has 0 N–H and O–H groups in total. The van der Waals surface area contributed by atoms with Crippen LogP contribution in [0.5, 0.6) is 11.5 Å². The summed E-state index contributed by atoms with van der Waals surface area (Å²) in [7, 11) is 3.32. The molecule has 1 aliphatic heterocycles. The summed E-state index contributed by atoms with van der Waals surface area (Å²) in [5.41, 5.74) is 3.47. The summed E-state index contributed by atoms with van der Waals surface area (Å²) in [6.07, 6.45) is 1.91. The van der Waals surface area contributed by atoms with Gasteiger partial charge in [-0.2, -0.15) is 0 Å². The van der Waals surface area contributed by atoms with Gasteiger partial charge in [-0.15, -0.1) is 0 Å². The number of β-lactam (4-membered cyclic amide) rings is 1. The van der Waals surface area contributed by atoms with Gasteiger partial charge in [0, 0.05) is 6.54 Å². The molecule has 3 aromatic rings. The summed E-state index contributed by atoms with van der Waals surface area (Å²) in [6.45, 7) is 0.747. The van der Waals surface area contributed by atoms with Crippen LogP contribution in [0.3, 0.4) is 0 Å². The molecule has 0 saturated carbocycles. The first-order chi connectivity index (χ1) is 14.7. The maximum Gasteiger partial charge on any atom is 0.233 e. The maximum atomic E-state index is 13.1. The molecule has 0 aromatic heterocycles. The van der Waals surface area contributed by atoms with Crippen LogP contribution in [0.2, 0.25) is 0 Å². The lowest BCUT2D eigenvalue weighted by atomic mass is 9.77. The maximum absolute atomic E-state index is 13.1. The van der Waals surface area contributed by atoms with Crippen LogP contribution in [0.25, 0.3) is 0 Å². The van der Waals surface area contributed by atoms with Crippen molar-refractivity contribution in [3.8, 4) is 11.5 Å². The predicted molar refractivity (Wildman–Crippen MR) is 118 cm³/mol. The number of ether oxygens (including phenoxy) is 2. The molecule has 4 rings (SSSR count). The molecule has 1 saturated heterocycles. The molecule has 0 unspecified atom stereocenters. The van der Waals surface area contributed by atoms with Gasteiger partial charge in [-0.25, -0.2) is 0 Å². The number of carbonyl (C=O) groups excluding carboxylic acids is 1. The topological polar surface area (TPSA) is 38.8 Å². The molecule has 0 radical (unpaired) electrons. The molecule has 1 amide bonds. The number of hydrogen-bond acceptors (Lipinski definition) is 3. The molecular formula is C26H27NO3. The fourth-order valence-electron chi connectivity index (χ4n) is 4.21. The van der Waals surface area contributed by atoms with Crippen molar-refractivity contribution in [2.24, 2.45) is 0 Å². The zero-order valence-corrected chi connectivity index (χ0v) is 17.5. The molecule has 0 bridgehead atoms. The Bertz CT molecular complexity index is 967. The first-order valence-electron chi connectivity index (χ1n) is 10.3. The molecule has 154 valence electrons. The Kier molecular flexibility index (Phi) is 6.03. The van der Waals surface area contributed by atoms with Crippen molar-refractivity contribution in [2.45, 2.75) is 24.8 Å². The highest BCUT2D eigenvalue weighted by molar-refractivity contribution is 5.91. The number of methoxy groups -OCH3 is 2. The molecule has 3 aromatic carbocycles. The van der Waals surface area contributed by atoms with Crippen LogP contribution >= 0.6 is 0 Å². The fourth-order valence-corrected chi connectivity index (χ4v) is 4.21. The van der Waals surface area contributed by atoms with E-state index in [9.17, 15) is 4.79 Å². The highest BCUT2D eigenvalue weighted by Gasteiger charge is 2.48. The van der Waals surface area contributed by atoms with Crippen molar-refractivity contribution in [3.63, 3.8) is 0 Å². The van der Waals surface area contributed by atoms with Crippen LogP contribution in [0.15, 0.2) is 78.9 Å². The predicted octanol–water partition coefficient (Wildman–Crippen LogP) is 5.00. The van der Waals surface area contributed by atoms with E-state index in [1.54, 1.807) is 14.2 Å². The van der Waals surface area contributed by atoms with Crippen LogP contribution in [-0.4, -0.2) is 31.6 Å². The summed E-state index contributed by atoms with van der Waals surface area (Å²) in [5.74, 6) is 1.64. The van der Waals surface area contributed by atoms with Gasteiger partial charge in [-0.3, -0.25) is 4.79 Å². The van der Waals surface area contributed by atoms with Crippen LogP contribution in [0, 0.1) is 0 Å². The lowest BCUT2D eigenvalue weighted by Gasteiger charge is -2.48. The van der Waals surface area contributed by atoms with Gasteiger partial charge in [-0.05, 0) is 53.8 Å². The Morgan fingerprint density at radius 2 is 1.33 bits per heavy atom. The van der Waals surface area contributed by atoms with Crippen molar-refractivity contribution < 1.29 is 14.3 Å².